The Hall–Kier alpha value is -1.85. The van der Waals surface area contributed by atoms with Crippen LogP contribution in [0.3, 0.4) is 0 Å². The fourth-order valence-electron chi connectivity index (χ4n) is 2.21. The highest BCUT2D eigenvalue weighted by Crippen LogP contribution is 2.16. The molecule has 1 aromatic rings. The van der Waals surface area contributed by atoms with Gasteiger partial charge in [0.2, 0.25) is 5.95 Å². The van der Waals surface area contributed by atoms with Crippen LogP contribution in [0.25, 0.3) is 0 Å². The van der Waals surface area contributed by atoms with Crippen molar-refractivity contribution in [1.82, 2.24) is 15.3 Å². The SMILES string of the molecule is CC(C)(C)OC(=O)N[C@H]1CCCN(c2ncccn2)C1. The monoisotopic (exact) mass is 278 g/mol. The van der Waals surface area contributed by atoms with Crippen molar-refractivity contribution in [2.24, 2.45) is 0 Å². The van der Waals surface area contributed by atoms with Crippen LogP contribution in [-0.2, 0) is 4.74 Å². The quantitative estimate of drug-likeness (QED) is 0.896. The van der Waals surface area contributed by atoms with E-state index in [9.17, 15) is 4.79 Å². The van der Waals surface area contributed by atoms with Crippen LogP contribution in [0.4, 0.5) is 10.7 Å². The Morgan fingerprint density at radius 1 is 1.40 bits per heavy atom. The summed E-state index contributed by atoms with van der Waals surface area (Å²) >= 11 is 0. The third kappa shape index (κ3) is 4.36. The summed E-state index contributed by atoms with van der Waals surface area (Å²) < 4.78 is 5.28. The van der Waals surface area contributed by atoms with E-state index in [-0.39, 0.29) is 12.1 Å². The lowest BCUT2D eigenvalue weighted by molar-refractivity contribution is 0.0500. The van der Waals surface area contributed by atoms with Gasteiger partial charge >= 0.3 is 6.09 Å². The van der Waals surface area contributed by atoms with Crippen molar-refractivity contribution >= 4 is 12.0 Å². The lowest BCUT2D eigenvalue weighted by atomic mass is 10.1. The van der Waals surface area contributed by atoms with Gasteiger partial charge < -0.3 is 15.0 Å². The van der Waals surface area contributed by atoms with E-state index in [1.807, 2.05) is 20.8 Å². The number of hydrogen-bond acceptors (Lipinski definition) is 5. The van der Waals surface area contributed by atoms with Crippen LogP contribution in [-0.4, -0.2) is 40.8 Å². The molecule has 0 radical (unpaired) electrons. The molecule has 0 aliphatic carbocycles. The smallest absolute Gasteiger partial charge is 0.407 e. The zero-order chi connectivity index (χ0) is 14.6. The molecule has 1 fully saturated rings. The number of ether oxygens (including phenoxy) is 1. The van der Waals surface area contributed by atoms with Crippen molar-refractivity contribution in [2.45, 2.75) is 45.3 Å². The number of anilines is 1. The predicted molar refractivity (Wildman–Crippen MR) is 76.6 cm³/mol. The standard InChI is InChI=1S/C14H22N4O2/c1-14(2,3)20-13(19)17-11-6-4-9-18(10-11)12-15-7-5-8-16-12/h5,7-8,11H,4,6,9-10H2,1-3H3,(H,17,19)/t11-/m0/s1. The van der Waals surface area contributed by atoms with E-state index < -0.39 is 5.60 Å². The summed E-state index contributed by atoms with van der Waals surface area (Å²) in [5.74, 6) is 0.711. The number of amides is 1. The number of carbonyl (C=O) groups is 1. The number of piperidine rings is 1. The van der Waals surface area contributed by atoms with E-state index in [2.05, 4.69) is 20.2 Å². The molecule has 0 unspecified atom stereocenters. The Labute approximate surface area is 119 Å². The van der Waals surface area contributed by atoms with Crippen molar-refractivity contribution in [3.63, 3.8) is 0 Å². The van der Waals surface area contributed by atoms with Gasteiger partial charge in [-0.3, -0.25) is 0 Å². The molecule has 1 aliphatic rings. The minimum Gasteiger partial charge on any atom is -0.444 e. The summed E-state index contributed by atoms with van der Waals surface area (Å²) in [6.07, 6.45) is 5.04. The summed E-state index contributed by atoms with van der Waals surface area (Å²) in [5.41, 5.74) is -0.471. The van der Waals surface area contributed by atoms with Crippen molar-refractivity contribution in [3.05, 3.63) is 18.5 Å². The van der Waals surface area contributed by atoms with Gasteiger partial charge in [0.15, 0.2) is 0 Å². The molecule has 20 heavy (non-hydrogen) atoms. The van der Waals surface area contributed by atoms with Gasteiger partial charge in [0, 0.05) is 31.5 Å². The minimum atomic E-state index is -0.471. The molecule has 6 heteroatoms. The van der Waals surface area contributed by atoms with Crippen LogP contribution in [0.2, 0.25) is 0 Å². The van der Waals surface area contributed by atoms with Crippen molar-refractivity contribution in [3.8, 4) is 0 Å². The third-order valence-corrected chi connectivity index (χ3v) is 2.98. The van der Waals surface area contributed by atoms with E-state index in [1.165, 1.54) is 0 Å². The highest BCUT2D eigenvalue weighted by atomic mass is 16.6. The van der Waals surface area contributed by atoms with Crippen LogP contribution in [0, 0.1) is 0 Å². The average molecular weight is 278 g/mol. The molecule has 1 aliphatic heterocycles. The average Bonchev–Trinajstić information content (AvgIpc) is 2.38. The summed E-state index contributed by atoms with van der Waals surface area (Å²) in [4.78, 5) is 22.4. The second kappa shape index (κ2) is 6.07. The Morgan fingerprint density at radius 2 is 2.10 bits per heavy atom. The van der Waals surface area contributed by atoms with Crippen LogP contribution >= 0.6 is 0 Å². The second-order valence-corrected chi connectivity index (χ2v) is 5.98. The molecule has 2 heterocycles. The number of hydrogen-bond donors (Lipinski definition) is 1. The van der Waals surface area contributed by atoms with E-state index in [4.69, 9.17) is 4.74 Å². The van der Waals surface area contributed by atoms with Crippen LogP contribution in [0.1, 0.15) is 33.6 Å². The van der Waals surface area contributed by atoms with Gasteiger partial charge in [-0.05, 0) is 39.7 Å². The first kappa shape index (κ1) is 14.6. The summed E-state index contributed by atoms with van der Waals surface area (Å²) in [5, 5.41) is 2.92. The van der Waals surface area contributed by atoms with Crippen molar-refractivity contribution < 1.29 is 9.53 Å². The first-order valence-corrected chi connectivity index (χ1v) is 6.95. The van der Waals surface area contributed by atoms with Gasteiger partial charge in [-0.25, -0.2) is 14.8 Å². The highest BCUT2D eigenvalue weighted by Gasteiger charge is 2.25. The maximum atomic E-state index is 11.8. The molecule has 1 N–H and O–H groups in total. The van der Waals surface area contributed by atoms with E-state index in [1.54, 1.807) is 18.5 Å². The Morgan fingerprint density at radius 3 is 2.75 bits per heavy atom. The molecular formula is C14H22N4O2. The molecule has 1 aromatic heterocycles. The molecule has 0 spiro atoms. The summed E-state index contributed by atoms with van der Waals surface area (Å²) in [6.45, 7) is 7.20. The maximum Gasteiger partial charge on any atom is 0.407 e. The fourth-order valence-corrected chi connectivity index (χ4v) is 2.21. The van der Waals surface area contributed by atoms with Gasteiger partial charge in [0.05, 0.1) is 0 Å². The molecule has 110 valence electrons. The third-order valence-electron chi connectivity index (χ3n) is 2.98. The van der Waals surface area contributed by atoms with Crippen LogP contribution in [0.15, 0.2) is 18.5 Å². The Kier molecular flexibility index (Phi) is 4.42. The molecule has 0 aromatic carbocycles. The van der Waals surface area contributed by atoms with Gasteiger partial charge in [0.1, 0.15) is 5.60 Å². The van der Waals surface area contributed by atoms with Crippen LogP contribution < -0.4 is 10.2 Å². The highest BCUT2D eigenvalue weighted by molar-refractivity contribution is 5.68. The zero-order valence-corrected chi connectivity index (χ0v) is 12.3. The van der Waals surface area contributed by atoms with E-state index in [0.717, 1.165) is 19.4 Å². The Balaban J connectivity index is 1.89. The van der Waals surface area contributed by atoms with Gasteiger partial charge in [0.25, 0.3) is 0 Å². The number of nitrogens with zero attached hydrogens (tertiary/aromatic N) is 3. The molecular weight excluding hydrogens is 256 g/mol. The number of rotatable bonds is 2. The van der Waals surface area contributed by atoms with Crippen molar-refractivity contribution in [2.75, 3.05) is 18.0 Å². The van der Waals surface area contributed by atoms with E-state index in [0.29, 0.717) is 12.5 Å². The first-order valence-electron chi connectivity index (χ1n) is 6.95. The molecule has 0 saturated carbocycles. The largest absolute Gasteiger partial charge is 0.444 e. The normalized spacial score (nSPS) is 19.6. The van der Waals surface area contributed by atoms with Gasteiger partial charge in [-0.15, -0.1) is 0 Å². The van der Waals surface area contributed by atoms with Crippen LogP contribution in [0.5, 0.6) is 0 Å². The number of carbonyl (C=O) groups excluding carboxylic acids is 1. The number of nitrogens with one attached hydrogen (secondary N) is 1. The lowest BCUT2D eigenvalue weighted by Gasteiger charge is -2.33. The lowest BCUT2D eigenvalue weighted by Crippen LogP contribution is -2.49. The number of aromatic nitrogens is 2. The molecule has 0 bridgehead atoms. The summed E-state index contributed by atoms with van der Waals surface area (Å²) in [6, 6.07) is 1.87. The van der Waals surface area contributed by atoms with Gasteiger partial charge in [-0.2, -0.15) is 0 Å². The van der Waals surface area contributed by atoms with E-state index >= 15 is 0 Å². The second-order valence-electron chi connectivity index (χ2n) is 5.98. The topological polar surface area (TPSA) is 67.3 Å². The summed E-state index contributed by atoms with van der Waals surface area (Å²) in [7, 11) is 0. The predicted octanol–water partition coefficient (Wildman–Crippen LogP) is 1.97. The van der Waals surface area contributed by atoms with Gasteiger partial charge in [-0.1, -0.05) is 0 Å². The first-order chi connectivity index (χ1) is 9.44. The minimum absolute atomic E-state index is 0.0717. The fraction of sp³-hybridized carbons (Fsp3) is 0.643. The molecule has 1 amide bonds. The van der Waals surface area contributed by atoms with Crippen molar-refractivity contribution in [1.29, 1.82) is 0 Å². The molecule has 2 rings (SSSR count). The zero-order valence-electron chi connectivity index (χ0n) is 12.3. The Bertz CT molecular complexity index is 444. The molecule has 1 atom stereocenters. The molecule has 1 saturated heterocycles. The number of alkyl carbamates (subject to hydrolysis) is 1. The maximum absolute atomic E-state index is 11.8. The molecule has 6 nitrogen and oxygen atoms in total.